The van der Waals surface area contributed by atoms with Crippen LogP contribution in [0.15, 0.2) is 30.4 Å². The summed E-state index contributed by atoms with van der Waals surface area (Å²) in [5.41, 5.74) is -1.41. The Hall–Kier alpha value is -2.58. The maximum Gasteiger partial charge on any atom is 0.344 e. The number of benzene rings is 1. The fraction of sp³-hybridized carbons (Fsp3) is 0.600. The molecule has 2 fully saturated rings. The Bertz CT molecular complexity index is 1040. The Morgan fingerprint density at radius 2 is 2.00 bits per heavy atom. The van der Waals surface area contributed by atoms with Gasteiger partial charge in [0.15, 0.2) is 6.10 Å². The van der Waals surface area contributed by atoms with E-state index in [9.17, 15) is 14.7 Å². The summed E-state index contributed by atoms with van der Waals surface area (Å²) in [6, 6.07) is 5.22. The number of hydrogen-bond donors (Lipinski definition) is 1. The predicted molar refractivity (Wildman–Crippen MR) is 121 cm³/mol. The van der Waals surface area contributed by atoms with Crippen molar-refractivity contribution in [2.75, 3.05) is 39.3 Å². The summed E-state index contributed by atoms with van der Waals surface area (Å²) in [4.78, 5) is 30.2. The topological polar surface area (TPSA) is 88.5 Å². The maximum absolute atomic E-state index is 13.5. The molecule has 33 heavy (non-hydrogen) atoms. The Morgan fingerprint density at radius 1 is 1.24 bits per heavy atom. The lowest BCUT2D eigenvalue weighted by Gasteiger charge is -2.63. The van der Waals surface area contributed by atoms with Gasteiger partial charge >= 0.3 is 11.9 Å². The smallest absolute Gasteiger partial charge is 0.344 e. The highest BCUT2D eigenvalue weighted by molar-refractivity contribution is 5.87. The van der Waals surface area contributed by atoms with Crippen molar-refractivity contribution in [2.24, 2.45) is 5.41 Å². The summed E-state index contributed by atoms with van der Waals surface area (Å²) in [6.45, 7) is 4.94. The van der Waals surface area contributed by atoms with Gasteiger partial charge in [0, 0.05) is 49.1 Å². The van der Waals surface area contributed by atoms with Crippen LogP contribution >= 0.6 is 0 Å². The van der Waals surface area contributed by atoms with Gasteiger partial charge in [-0.1, -0.05) is 25.1 Å². The Kier molecular flexibility index (Phi) is 4.85. The van der Waals surface area contributed by atoms with E-state index in [4.69, 9.17) is 14.2 Å². The second-order valence-electron chi connectivity index (χ2n) is 9.76. The SMILES string of the molecule is CC[C@]12C=CCN3CCC4(c5ccc(OC)cc5N(C)[C@H]4[C@](O)(C(=O)OC)[C@@H]1OC(C)=O)[C@@H]32. The van der Waals surface area contributed by atoms with Crippen molar-refractivity contribution in [2.45, 2.75) is 55.9 Å². The summed E-state index contributed by atoms with van der Waals surface area (Å²) in [5, 5.41) is 12.5. The molecule has 0 radical (unpaired) electrons. The molecule has 1 saturated heterocycles. The molecule has 1 aliphatic carbocycles. The van der Waals surface area contributed by atoms with Crippen LogP contribution in [0.3, 0.4) is 0 Å². The van der Waals surface area contributed by atoms with Crippen molar-refractivity contribution in [1.29, 1.82) is 0 Å². The minimum Gasteiger partial charge on any atom is -0.497 e. The molecule has 3 heterocycles. The second kappa shape index (κ2) is 7.21. The summed E-state index contributed by atoms with van der Waals surface area (Å²) in [6.07, 6.45) is 4.40. The van der Waals surface area contributed by atoms with Crippen LogP contribution in [0.4, 0.5) is 5.69 Å². The molecule has 1 aromatic carbocycles. The van der Waals surface area contributed by atoms with E-state index >= 15 is 0 Å². The van der Waals surface area contributed by atoms with E-state index in [0.717, 1.165) is 30.8 Å². The van der Waals surface area contributed by atoms with Crippen molar-refractivity contribution in [3.8, 4) is 5.75 Å². The van der Waals surface area contributed by atoms with Gasteiger partial charge in [-0.15, -0.1) is 0 Å². The molecule has 8 heteroatoms. The van der Waals surface area contributed by atoms with Gasteiger partial charge in [-0.3, -0.25) is 9.69 Å². The van der Waals surface area contributed by atoms with E-state index in [0.29, 0.717) is 12.2 Å². The number of carbonyl (C=O) groups excluding carboxylic acids is 2. The van der Waals surface area contributed by atoms with Crippen LogP contribution in [0.1, 0.15) is 32.3 Å². The molecule has 1 unspecified atom stereocenters. The number of anilines is 1. The molecule has 6 atom stereocenters. The summed E-state index contributed by atoms with van der Waals surface area (Å²) < 4.78 is 16.6. The summed E-state index contributed by atoms with van der Waals surface area (Å²) in [7, 11) is 4.77. The first-order valence-corrected chi connectivity index (χ1v) is 11.5. The first kappa shape index (κ1) is 22.2. The van der Waals surface area contributed by atoms with Gasteiger partial charge in [0.2, 0.25) is 5.60 Å². The Balaban J connectivity index is 1.86. The number of fused-ring (bicyclic) bond motifs is 1. The fourth-order valence-electron chi connectivity index (χ4n) is 7.68. The molecular formula is C25H32N2O6. The first-order chi connectivity index (χ1) is 15.7. The lowest BCUT2D eigenvalue weighted by atomic mass is 9.47. The lowest BCUT2D eigenvalue weighted by molar-refractivity contribution is -0.228. The highest BCUT2D eigenvalue weighted by atomic mass is 16.6. The molecule has 1 N–H and O–H groups in total. The first-order valence-electron chi connectivity index (χ1n) is 11.5. The van der Waals surface area contributed by atoms with Gasteiger partial charge < -0.3 is 24.2 Å². The highest BCUT2D eigenvalue weighted by Crippen LogP contribution is 2.67. The zero-order valence-corrected chi connectivity index (χ0v) is 19.8. The number of methoxy groups -OCH3 is 2. The number of carbonyl (C=O) groups is 2. The van der Waals surface area contributed by atoms with Crippen LogP contribution in [-0.2, 0) is 24.5 Å². The van der Waals surface area contributed by atoms with Gasteiger partial charge in [0.05, 0.1) is 20.3 Å². The average Bonchev–Trinajstić information content (AvgIpc) is 3.32. The van der Waals surface area contributed by atoms with Crippen molar-refractivity contribution < 1.29 is 28.9 Å². The van der Waals surface area contributed by atoms with E-state index in [1.165, 1.54) is 14.0 Å². The zero-order chi connectivity index (χ0) is 23.8. The van der Waals surface area contributed by atoms with Crippen molar-refractivity contribution in [3.05, 3.63) is 35.9 Å². The molecule has 0 amide bonds. The molecule has 178 valence electrons. The Labute approximate surface area is 194 Å². The molecule has 5 rings (SSSR count). The predicted octanol–water partition coefficient (Wildman–Crippen LogP) is 1.64. The van der Waals surface area contributed by atoms with E-state index in [1.54, 1.807) is 7.11 Å². The van der Waals surface area contributed by atoms with Crippen LogP contribution in [0.2, 0.25) is 0 Å². The third kappa shape index (κ3) is 2.48. The number of nitrogens with zero attached hydrogens (tertiary/aromatic N) is 2. The quantitative estimate of drug-likeness (QED) is 0.541. The molecule has 8 nitrogen and oxygen atoms in total. The number of rotatable bonds is 4. The zero-order valence-electron chi connectivity index (χ0n) is 19.8. The molecule has 4 aliphatic rings. The van der Waals surface area contributed by atoms with Gasteiger partial charge in [-0.2, -0.15) is 0 Å². The third-order valence-electron chi connectivity index (χ3n) is 8.62. The van der Waals surface area contributed by atoms with Crippen LogP contribution < -0.4 is 9.64 Å². The summed E-state index contributed by atoms with van der Waals surface area (Å²) in [5.74, 6) is -0.617. The van der Waals surface area contributed by atoms with Crippen LogP contribution in [0, 0.1) is 5.41 Å². The normalized spacial score (nSPS) is 38.4. The maximum atomic E-state index is 13.5. The molecular weight excluding hydrogens is 424 g/mol. The number of ether oxygens (including phenoxy) is 3. The fourth-order valence-corrected chi connectivity index (χ4v) is 7.68. The number of esters is 2. The van der Waals surface area contributed by atoms with Crippen LogP contribution in [0.5, 0.6) is 5.75 Å². The van der Waals surface area contributed by atoms with Gasteiger partial charge in [-0.05, 0) is 31.0 Å². The molecule has 0 aromatic heterocycles. The van der Waals surface area contributed by atoms with Crippen molar-refractivity contribution >= 4 is 17.6 Å². The molecule has 0 bridgehead atoms. The van der Waals surface area contributed by atoms with Gasteiger partial charge in [0.1, 0.15) is 5.75 Å². The van der Waals surface area contributed by atoms with Gasteiger partial charge in [0.25, 0.3) is 0 Å². The van der Waals surface area contributed by atoms with E-state index < -0.39 is 40.5 Å². The van der Waals surface area contributed by atoms with Crippen molar-refractivity contribution in [3.63, 3.8) is 0 Å². The standard InChI is InChI=1S/C25H32N2O6/c1-6-23-10-7-12-27-13-11-24(19(23)27)17-9-8-16(31-4)14-18(17)26(3)20(24)25(30,22(29)32-5)21(23)33-15(2)28/h7-10,14,19-21,30H,6,11-13H2,1-5H3/t19-,20+,21+,23+,24?,25+/m0/s1. The monoisotopic (exact) mass is 456 g/mol. The van der Waals surface area contributed by atoms with Crippen molar-refractivity contribution in [1.82, 2.24) is 4.90 Å². The van der Waals surface area contributed by atoms with E-state index in [1.807, 2.05) is 31.0 Å². The van der Waals surface area contributed by atoms with Gasteiger partial charge in [-0.25, -0.2) is 4.79 Å². The largest absolute Gasteiger partial charge is 0.497 e. The molecule has 1 saturated carbocycles. The minimum absolute atomic E-state index is 0.0589. The summed E-state index contributed by atoms with van der Waals surface area (Å²) >= 11 is 0. The van der Waals surface area contributed by atoms with Crippen LogP contribution in [0.25, 0.3) is 0 Å². The van der Waals surface area contributed by atoms with E-state index in [-0.39, 0.29) is 6.04 Å². The minimum atomic E-state index is -2.08. The van der Waals surface area contributed by atoms with Crippen LogP contribution in [-0.4, -0.2) is 80.1 Å². The van der Waals surface area contributed by atoms with E-state index in [2.05, 4.69) is 23.1 Å². The molecule has 3 aliphatic heterocycles. The number of hydrogen-bond acceptors (Lipinski definition) is 8. The number of aliphatic hydroxyl groups is 1. The third-order valence-corrected chi connectivity index (χ3v) is 8.62. The number of likely N-dealkylation sites (N-methyl/N-ethyl adjacent to an activating group) is 1. The highest BCUT2D eigenvalue weighted by Gasteiger charge is 2.80. The average molecular weight is 457 g/mol. The lowest BCUT2D eigenvalue weighted by Crippen LogP contribution is -2.81. The molecule has 1 spiro atoms. The second-order valence-corrected chi connectivity index (χ2v) is 9.76. The molecule has 1 aromatic rings. The Morgan fingerprint density at radius 3 is 2.64 bits per heavy atom.